The van der Waals surface area contributed by atoms with E-state index < -0.39 is 11.5 Å². The standard InChI is InChI=1S/C14H29NO2/c1-7-11(3)9-14(8-2,12(16)17)15-10-13(4,5)6/h11,15H,7-10H2,1-6H3,(H,16,17). The minimum atomic E-state index is -0.761. The van der Waals surface area contributed by atoms with Crippen LogP contribution in [0.4, 0.5) is 0 Å². The van der Waals surface area contributed by atoms with Crippen molar-refractivity contribution in [2.45, 2.75) is 66.3 Å². The Morgan fingerprint density at radius 3 is 2.12 bits per heavy atom. The van der Waals surface area contributed by atoms with Gasteiger partial charge in [0.25, 0.3) is 0 Å². The Hall–Kier alpha value is -0.570. The number of hydrogen-bond donors (Lipinski definition) is 2. The first-order valence-electron chi connectivity index (χ1n) is 6.65. The summed E-state index contributed by atoms with van der Waals surface area (Å²) in [5.74, 6) is -0.289. The van der Waals surface area contributed by atoms with Crippen LogP contribution in [0.3, 0.4) is 0 Å². The Labute approximate surface area is 106 Å². The van der Waals surface area contributed by atoms with Crippen LogP contribution >= 0.6 is 0 Å². The number of carbonyl (C=O) groups is 1. The molecule has 0 aliphatic carbocycles. The lowest BCUT2D eigenvalue weighted by atomic mass is 9.83. The van der Waals surface area contributed by atoms with Gasteiger partial charge in [-0.1, -0.05) is 48.0 Å². The van der Waals surface area contributed by atoms with Gasteiger partial charge < -0.3 is 10.4 Å². The molecule has 0 aliphatic rings. The smallest absolute Gasteiger partial charge is 0.323 e. The summed E-state index contributed by atoms with van der Waals surface area (Å²) in [5, 5.41) is 12.8. The zero-order valence-electron chi connectivity index (χ0n) is 12.3. The van der Waals surface area contributed by atoms with Crippen molar-refractivity contribution in [3.63, 3.8) is 0 Å². The molecular formula is C14H29NO2. The number of nitrogens with one attached hydrogen (secondary N) is 1. The number of aliphatic carboxylic acids is 1. The maximum absolute atomic E-state index is 11.6. The zero-order chi connectivity index (χ0) is 13.7. The molecule has 0 amide bonds. The molecule has 2 atom stereocenters. The topological polar surface area (TPSA) is 49.3 Å². The molecule has 102 valence electrons. The average Bonchev–Trinajstić information content (AvgIpc) is 2.22. The molecule has 0 aromatic carbocycles. The number of carboxylic acids is 1. The van der Waals surface area contributed by atoms with Crippen LogP contribution in [0, 0.1) is 11.3 Å². The fourth-order valence-electron chi connectivity index (χ4n) is 1.83. The molecule has 0 saturated heterocycles. The van der Waals surface area contributed by atoms with Crippen LogP contribution in [0.5, 0.6) is 0 Å². The Bertz CT molecular complexity index is 245. The van der Waals surface area contributed by atoms with E-state index in [1.807, 2.05) is 6.92 Å². The van der Waals surface area contributed by atoms with E-state index in [1.54, 1.807) is 0 Å². The van der Waals surface area contributed by atoms with Gasteiger partial charge >= 0.3 is 5.97 Å². The number of carboxylic acid groups (broad SMARTS) is 1. The van der Waals surface area contributed by atoms with Gasteiger partial charge in [0.2, 0.25) is 0 Å². The molecule has 0 aliphatic heterocycles. The fourth-order valence-corrected chi connectivity index (χ4v) is 1.83. The van der Waals surface area contributed by atoms with Crippen LogP contribution in [-0.4, -0.2) is 23.2 Å². The van der Waals surface area contributed by atoms with Crippen molar-refractivity contribution in [3.05, 3.63) is 0 Å². The third-order valence-electron chi connectivity index (χ3n) is 3.36. The molecule has 3 nitrogen and oxygen atoms in total. The second-order valence-corrected chi connectivity index (χ2v) is 6.37. The van der Waals surface area contributed by atoms with E-state index in [9.17, 15) is 9.90 Å². The third kappa shape index (κ3) is 5.53. The summed E-state index contributed by atoms with van der Waals surface area (Å²) in [7, 11) is 0. The summed E-state index contributed by atoms with van der Waals surface area (Å²) in [6.07, 6.45) is 2.35. The Morgan fingerprint density at radius 2 is 1.82 bits per heavy atom. The maximum Gasteiger partial charge on any atom is 0.323 e. The molecular weight excluding hydrogens is 214 g/mol. The van der Waals surface area contributed by atoms with Gasteiger partial charge in [-0.25, -0.2) is 0 Å². The van der Waals surface area contributed by atoms with E-state index in [-0.39, 0.29) is 5.41 Å². The molecule has 0 aromatic rings. The second-order valence-electron chi connectivity index (χ2n) is 6.37. The molecule has 0 heterocycles. The number of rotatable bonds is 7. The highest BCUT2D eigenvalue weighted by Gasteiger charge is 2.38. The maximum atomic E-state index is 11.6. The molecule has 0 bridgehead atoms. The molecule has 2 unspecified atom stereocenters. The predicted molar refractivity (Wildman–Crippen MR) is 72.2 cm³/mol. The highest BCUT2D eigenvalue weighted by molar-refractivity contribution is 5.78. The van der Waals surface area contributed by atoms with Gasteiger partial charge in [0.1, 0.15) is 5.54 Å². The summed E-state index contributed by atoms with van der Waals surface area (Å²) in [5.41, 5.74) is -0.659. The van der Waals surface area contributed by atoms with Crippen molar-refractivity contribution < 1.29 is 9.90 Å². The minimum Gasteiger partial charge on any atom is -0.480 e. The molecule has 0 fully saturated rings. The van der Waals surface area contributed by atoms with Crippen LogP contribution in [0.1, 0.15) is 60.8 Å². The van der Waals surface area contributed by atoms with E-state index in [0.717, 1.165) is 13.0 Å². The van der Waals surface area contributed by atoms with Crippen LogP contribution < -0.4 is 5.32 Å². The molecule has 0 aromatic heterocycles. The lowest BCUT2D eigenvalue weighted by molar-refractivity contribution is -0.146. The van der Waals surface area contributed by atoms with Crippen LogP contribution in [-0.2, 0) is 4.79 Å². The van der Waals surface area contributed by atoms with Gasteiger partial charge in [-0.15, -0.1) is 0 Å². The van der Waals surface area contributed by atoms with E-state index in [0.29, 0.717) is 18.8 Å². The van der Waals surface area contributed by atoms with Crippen molar-refractivity contribution in [3.8, 4) is 0 Å². The largest absolute Gasteiger partial charge is 0.480 e. The van der Waals surface area contributed by atoms with Crippen molar-refractivity contribution in [2.75, 3.05) is 6.54 Å². The summed E-state index contributed by atoms with van der Waals surface area (Å²) in [4.78, 5) is 11.6. The molecule has 2 N–H and O–H groups in total. The summed E-state index contributed by atoms with van der Waals surface area (Å²) in [6.45, 7) is 13.3. The molecule has 0 saturated carbocycles. The highest BCUT2D eigenvalue weighted by atomic mass is 16.4. The normalized spacial score (nSPS) is 17.5. The molecule has 0 rings (SSSR count). The fraction of sp³-hybridized carbons (Fsp3) is 0.929. The van der Waals surface area contributed by atoms with E-state index in [4.69, 9.17) is 0 Å². The molecule has 17 heavy (non-hydrogen) atoms. The van der Waals surface area contributed by atoms with Gasteiger partial charge in [-0.2, -0.15) is 0 Å². The molecule has 0 radical (unpaired) electrons. The molecule has 3 heteroatoms. The van der Waals surface area contributed by atoms with Gasteiger partial charge in [0.05, 0.1) is 0 Å². The van der Waals surface area contributed by atoms with Gasteiger partial charge in [-0.3, -0.25) is 4.79 Å². The van der Waals surface area contributed by atoms with Crippen molar-refractivity contribution in [1.82, 2.24) is 5.32 Å². The van der Waals surface area contributed by atoms with Gasteiger partial charge in [0.15, 0.2) is 0 Å². The summed E-state index contributed by atoms with van der Waals surface area (Å²) < 4.78 is 0. The third-order valence-corrected chi connectivity index (χ3v) is 3.36. The minimum absolute atomic E-state index is 0.103. The van der Waals surface area contributed by atoms with Crippen LogP contribution in [0.2, 0.25) is 0 Å². The molecule has 0 spiro atoms. The van der Waals surface area contributed by atoms with Crippen molar-refractivity contribution in [2.24, 2.45) is 11.3 Å². The van der Waals surface area contributed by atoms with Crippen molar-refractivity contribution in [1.29, 1.82) is 0 Å². The predicted octanol–water partition coefficient (Wildman–Crippen LogP) is 3.29. The Morgan fingerprint density at radius 1 is 1.29 bits per heavy atom. The van der Waals surface area contributed by atoms with E-state index >= 15 is 0 Å². The first kappa shape index (κ1) is 16.4. The lowest BCUT2D eigenvalue weighted by Crippen LogP contribution is -2.54. The SMILES string of the molecule is CCC(C)CC(CC)(NCC(C)(C)C)C(=O)O. The van der Waals surface area contributed by atoms with Gasteiger partial charge in [-0.05, 0) is 24.2 Å². The Kier molecular flexibility index (Phi) is 6.17. The zero-order valence-corrected chi connectivity index (χ0v) is 12.3. The van der Waals surface area contributed by atoms with Gasteiger partial charge in [0, 0.05) is 6.54 Å². The van der Waals surface area contributed by atoms with Crippen LogP contribution in [0.15, 0.2) is 0 Å². The van der Waals surface area contributed by atoms with E-state index in [1.165, 1.54) is 0 Å². The average molecular weight is 243 g/mol. The highest BCUT2D eigenvalue weighted by Crippen LogP contribution is 2.25. The lowest BCUT2D eigenvalue weighted by Gasteiger charge is -2.34. The quantitative estimate of drug-likeness (QED) is 0.721. The summed E-state index contributed by atoms with van der Waals surface area (Å²) >= 11 is 0. The summed E-state index contributed by atoms with van der Waals surface area (Å²) in [6, 6.07) is 0. The number of hydrogen-bond acceptors (Lipinski definition) is 2. The monoisotopic (exact) mass is 243 g/mol. The first-order chi connectivity index (χ1) is 7.67. The van der Waals surface area contributed by atoms with E-state index in [2.05, 4.69) is 39.9 Å². The van der Waals surface area contributed by atoms with Crippen molar-refractivity contribution >= 4 is 5.97 Å². The second kappa shape index (κ2) is 6.39. The van der Waals surface area contributed by atoms with Crippen LogP contribution in [0.25, 0.3) is 0 Å². The first-order valence-corrected chi connectivity index (χ1v) is 6.65. The Balaban J connectivity index is 4.77.